The van der Waals surface area contributed by atoms with E-state index in [4.69, 9.17) is 5.11 Å². The Hall–Kier alpha value is -1.34. The first kappa shape index (κ1) is 15.7. The van der Waals surface area contributed by atoms with Crippen LogP contribution >= 0.6 is 0 Å². The van der Waals surface area contributed by atoms with Gasteiger partial charge in [0.15, 0.2) is 0 Å². The Morgan fingerprint density at radius 2 is 1.71 bits per heavy atom. The maximum atomic E-state index is 10.4. The summed E-state index contributed by atoms with van der Waals surface area (Å²) in [5.74, 6) is 0. The lowest BCUT2D eigenvalue weighted by Gasteiger charge is -2.01. The molecule has 0 fully saturated rings. The summed E-state index contributed by atoms with van der Waals surface area (Å²) in [5.41, 5.74) is 0. The van der Waals surface area contributed by atoms with Gasteiger partial charge in [-0.3, -0.25) is 0 Å². The SMILES string of the molecule is CCCCCCCCOOOC(=O)OC(=O)O. The van der Waals surface area contributed by atoms with Crippen LogP contribution in [0.4, 0.5) is 9.59 Å². The fourth-order valence-electron chi connectivity index (χ4n) is 1.12. The number of ether oxygens (including phenoxy) is 1. The van der Waals surface area contributed by atoms with Gasteiger partial charge in [-0.25, -0.2) is 9.68 Å². The van der Waals surface area contributed by atoms with E-state index in [0.29, 0.717) is 0 Å². The average molecular weight is 250 g/mol. The van der Waals surface area contributed by atoms with Crippen LogP contribution in [-0.4, -0.2) is 24.0 Å². The highest BCUT2D eigenvalue weighted by Crippen LogP contribution is 2.05. The van der Waals surface area contributed by atoms with Gasteiger partial charge in [0, 0.05) is 0 Å². The van der Waals surface area contributed by atoms with Crippen molar-refractivity contribution in [2.45, 2.75) is 45.4 Å². The number of carbonyl (C=O) groups excluding carboxylic acids is 1. The van der Waals surface area contributed by atoms with E-state index in [1.807, 2.05) is 0 Å². The molecule has 1 N–H and O–H groups in total. The van der Waals surface area contributed by atoms with Gasteiger partial charge in [-0.15, -0.1) is 0 Å². The van der Waals surface area contributed by atoms with E-state index in [1.54, 1.807) is 0 Å². The second kappa shape index (κ2) is 11.2. The van der Waals surface area contributed by atoms with E-state index >= 15 is 0 Å². The van der Waals surface area contributed by atoms with E-state index in [1.165, 1.54) is 19.3 Å². The van der Waals surface area contributed by atoms with Crippen LogP contribution in [0, 0.1) is 0 Å². The summed E-state index contributed by atoms with van der Waals surface area (Å²) in [4.78, 5) is 28.6. The van der Waals surface area contributed by atoms with Crippen LogP contribution in [0.25, 0.3) is 0 Å². The van der Waals surface area contributed by atoms with E-state index in [-0.39, 0.29) is 6.61 Å². The Labute approximate surface area is 99.5 Å². The van der Waals surface area contributed by atoms with Gasteiger partial charge in [0.25, 0.3) is 0 Å². The van der Waals surface area contributed by atoms with Gasteiger partial charge in [-0.2, -0.15) is 9.68 Å². The first-order valence-corrected chi connectivity index (χ1v) is 5.57. The summed E-state index contributed by atoms with van der Waals surface area (Å²) in [5, 5.41) is 12.0. The molecule has 100 valence electrons. The normalized spacial score (nSPS) is 9.94. The van der Waals surface area contributed by atoms with Crippen molar-refractivity contribution in [3.63, 3.8) is 0 Å². The van der Waals surface area contributed by atoms with Crippen LogP contribution in [-0.2, 0) is 19.6 Å². The number of hydrogen-bond acceptors (Lipinski definition) is 6. The Bertz CT molecular complexity index is 217. The largest absolute Gasteiger partial charge is 0.553 e. The van der Waals surface area contributed by atoms with Crippen LogP contribution in [0.5, 0.6) is 0 Å². The average Bonchev–Trinajstić information content (AvgIpc) is 2.26. The predicted octanol–water partition coefficient (Wildman–Crippen LogP) is 3.04. The predicted molar refractivity (Wildman–Crippen MR) is 56.0 cm³/mol. The fraction of sp³-hybridized carbons (Fsp3) is 0.800. The van der Waals surface area contributed by atoms with Crippen LogP contribution in [0.3, 0.4) is 0 Å². The third kappa shape index (κ3) is 12.6. The highest BCUT2D eigenvalue weighted by molar-refractivity contribution is 5.75. The van der Waals surface area contributed by atoms with Crippen molar-refractivity contribution in [3.8, 4) is 0 Å². The molecule has 0 radical (unpaired) electrons. The molecule has 0 aromatic rings. The molecular formula is C10H18O7. The second-order valence-corrected chi connectivity index (χ2v) is 3.36. The maximum absolute atomic E-state index is 10.4. The lowest BCUT2D eigenvalue weighted by molar-refractivity contribution is -0.485. The van der Waals surface area contributed by atoms with Gasteiger partial charge >= 0.3 is 12.3 Å². The monoisotopic (exact) mass is 250 g/mol. The number of carbonyl (C=O) groups is 2. The van der Waals surface area contributed by atoms with Gasteiger partial charge in [-0.05, 0) is 11.5 Å². The quantitative estimate of drug-likeness (QED) is 0.221. The van der Waals surface area contributed by atoms with Crippen molar-refractivity contribution in [3.05, 3.63) is 0 Å². The second-order valence-electron chi connectivity index (χ2n) is 3.36. The van der Waals surface area contributed by atoms with Crippen molar-refractivity contribution in [1.82, 2.24) is 0 Å². The summed E-state index contributed by atoms with van der Waals surface area (Å²) in [6.45, 7) is 2.41. The molecule has 0 unspecified atom stereocenters. The zero-order valence-electron chi connectivity index (χ0n) is 9.85. The van der Waals surface area contributed by atoms with E-state index in [2.05, 4.69) is 26.5 Å². The molecule has 0 spiro atoms. The topological polar surface area (TPSA) is 91.3 Å². The van der Waals surface area contributed by atoms with Crippen LogP contribution < -0.4 is 0 Å². The molecule has 17 heavy (non-hydrogen) atoms. The summed E-state index contributed by atoms with van der Waals surface area (Å²) in [6.07, 6.45) is 3.26. The van der Waals surface area contributed by atoms with Crippen molar-refractivity contribution in [2.24, 2.45) is 0 Å². The van der Waals surface area contributed by atoms with Gasteiger partial charge in [0.2, 0.25) is 0 Å². The minimum Gasteiger partial charge on any atom is -0.449 e. The van der Waals surface area contributed by atoms with Crippen LogP contribution in [0.2, 0.25) is 0 Å². The van der Waals surface area contributed by atoms with Gasteiger partial charge in [-0.1, -0.05) is 39.0 Å². The lowest BCUT2D eigenvalue weighted by atomic mass is 10.1. The number of unbranched alkanes of at least 4 members (excludes halogenated alkanes) is 5. The minimum atomic E-state index is -1.77. The molecule has 0 aliphatic carbocycles. The number of hydrogen-bond donors (Lipinski definition) is 1. The fourth-order valence-corrected chi connectivity index (χ4v) is 1.12. The smallest absolute Gasteiger partial charge is 0.449 e. The molecule has 0 atom stereocenters. The number of carboxylic acid groups (broad SMARTS) is 1. The molecule has 0 heterocycles. The Morgan fingerprint density at radius 1 is 1.06 bits per heavy atom. The first-order chi connectivity index (χ1) is 8.16. The zero-order chi connectivity index (χ0) is 12.9. The molecule has 0 rings (SSSR count). The zero-order valence-corrected chi connectivity index (χ0v) is 9.85. The third-order valence-corrected chi connectivity index (χ3v) is 1.90. The lowest BCUT2D eigenvalue weighted by Crippen LogP contribution is -2.12. The highest BCUT2D eigenvalue weighted by atomic mass is 17.5. The molecule has 0 amide bonds. The van der Waals surface area contributed by atoms with Crippen LogP contribution in [0.1, 0.15) is 45.4 Å². The Kier molecular flexibility index (Phi) is 10.3. The van der Waals surface area contributed by atoms with E-state index in [0.717, 1.165) is 19.3 Å². The summed E-state index contributed by atoms with van der Waals surface area (Å²) < 4.78 is 3.57. The highest BCUT2D eigenvalue weighted by Gasteiger charge is 2.10. The van der Waals surface area contributed by atoms with Crippen molar-refractivity contribution >= 4 is 12.3 Å². The molecule has 0 saturated carbocycles. The van der Waals surface area contributed by atoms with Gasteiger partial charge in [0.1, 0.15) is 0 Å². The van der Waals surface area contributed by atoms with Crippen molar-refractivity contribution < 1.29 is 34.2 Å². The molecule has 0 saturated heterocycles. The molecule has 7 heteroatoms. The standard InChI is InChI=1S/C10H18O7/c1-2-3-4-5-6-7-8-14-17-16-10(13)15-9(11)12/h2-8H2,1H3,(H,11,12). The number of rotatable bonds is 9. The Morgan fingerprint density at radius 3 is 2.35 bits per heavy atom. The molecular weight excluding hydrogens is 232 g/mol. The van der Waals surface area contributed by atoms with Crippen molar-refractivity contribution in [2.75, 3.05) is 6.61 Å². The van der Waals surface area contributed by atoms with E-state index in [9.17, 15) is 9.59 Å². The first-order valence-electron chi connectivity index (χ1n) is 5.57. The summed E-state index contributed by atoms with van der Waals surface area (Å²) in [6, 6.07) is 0. The third-order valence-electron chi connectivity index (χ3n) is 1.90. The molecule has 7 nitrogen and oxygen atoms in total. The molecule has 0 aromatic heterocycles. The summed E-state index contributed by atoms with van der Waals surface area (Å²) in [7, 11) is 0. The molecule has 0 aliphatic rings. The van der Waals surface area contributed by atoms with E-state index < -0.39 is 12.3 Å². The molecule has 0 aliphatic heterocycles. The van der Waals surface area contributed by atoms with Gasteiger partial charge in [0.05, 0.1) is 6.61 Å². The van der Waals surface area contributed by atoms with Gasteiger partial charge < -0.3 is 9.84 Å². The minimum absolute atomic E-state index is 0.270. The summed E-state index contributed by atoms with van der Waals surface area (Å²) >= 11 is 0. The maximum Gasteiger partial charge on any atom is 0.553 e. The van der Waals surface area contributed by atoms with Crippen molar-refractivity contribution in [1.29, 1.82) is 0 Å². The molecule has 0 bridgehead atoms. The van der Waals surface area contributed by atoms with Crippen LogP contribution in [0.15, 0.2) is 0 Å². The molecule has 0 aromatic carbocycles. The Balaban J connectivity index is 3.13.